The van der Waals surface area contributed by atoms with E-state index in [4.69, 9.17) is 5.11 Å². The van der Waals surface area contributed by atoms with Crippen molar-refractivity contribution < 1.29 is 14.7 Å². The van der Waals surface area contributed by atoms with E-state index < -0.39 is 5.97 Å². The van der Waals surface area contributed by atoms with E-state index in [1.54, 1.807) is 42.5 Å². The van der Waals surface area contributed by atoms with Crippen molar-refractivity contribution in [3.8, 4) is 0 Å². The summed E-state index contributed by atoms with van der Waals surface area (Å²) in [7, 11) is 0. The molecule has 18 heavy (non-hydrogen) atoms. The number of carboxylic acid groups (broad SMARTS) is 1. The monoisotopic (exact) mass is 438 g/mol. The number of rotatable bonds is 3. The number of carboxylic acids is 1. The molecule has 0 spiro atoms. The standard InChI is InChI=1S/C14H10O3.Bi.3H/c15-13(10-6-2-1-3-7-10)11-8-4-5-9-12(11)14(16)17;;;;/h1-9H,(H,16,17);;;;. The van der Waals surface area contributed by atoms with Crippen LogP contribution in [0.2, 0.25) is 0 Å². The van der Waals surface area contributed by atoms with Gasteiger partial charge in [0, 0.05) is 11.1 Å². The van der Waals surface area contributed by atoms with Gasteiger partial charge in [0.2, 0.25) is 0 Å². The molecule has 2 rings (SSSR count). The Labute approximate surface area is 124 Å². The van der Waals surface area contributed by atoms with Gasteiger partial charge in [0.05, 0.1) is 5.56 Å². The molecular weight excluding hydrogens is 425 g/mol. The predicted octanol–water partition coefficient (Wildman–Crippen LogP) is 1.43. The molecule has 0 aliphatic rings. The van der Waals surface area contributed by atoms with Crippen LogP contribution in [0.5, 0.6) is 0 Å². The molecular formula is C14H13BiO3. The third kappa shape index (κ3) is 3.02. The third-order valence-corrected chi connectivity index (χ3v) is 2.44. The zero-order valence-corrected chi connectivity index (χ0v) is 15.2. The molecule has 0 unspecified atom stereocenters. The van der Waals surface area contributed by atoms with Crippen molar-refractivity contribution in [2.75, 3.05) is 0 Å². The van der Waals surface area contributed by atoms with Crippen LogP contribution < -0.4 is 0 Å². The number of aromatic carboxylic acids is 1. The molecule has 0 atom stereocenters. The van der Waals surface area contributed by atoms with E-state index in [1.165, 1.54) is 12.1 Å². The van der Waals surface area contributed by atoms with Crippen molar-refractivity contribution in [2.45, 2.75) is 0 Å². The zero-order valence-electron chi connectivity index (χ0n) is 9.67. The van der Waals surface area contributed by atoms with Gasteiger partial charge in [-0.2, -0.15) is 0 Å². The van der Waals surface area contributed by atoms with E-state index in [9.17, 15) is 9.59 Å². The molecule has 0 bridgehead atoms. The van der Waals surface area contributed by atoms with Crippen LogP contribution >= 0.6 is 0 Å². The van der Waals surface area contributed by atoms with Gasteiger partial charge in [-0.05, 0) is 6.07 Å². The van der Waals surface area contributed by atoms with Crippen LogP contribution in [0.25, 0.3) is 0 Å². The first kappa shape index (κ1) is 14.5. The molecule has 0 aliphatic carbocycles. The second-order valence-electron chi connectivity index (χ2n) is 3.55. The summed E-state index contributed by atoms with van der Waals surface area (Å²) in [6.07, 6.45) is 0. The molecule has 0 heterocycles. The fraction of sp³-hybridized carbons (Fsp3) is 0. The molecule has 92 valence electrons. The number of ketones is 1. The Morgan fingerprint density at radius 1 is 0.778 bits per heavy atom. The van der Waals surface area contributed by atoms with Crippen molar-refractivity contribution in [3.05, 3.63) is 71.3 Å². The topological polar surface area (TPSA) is 54.4 Å². The van der Waals surface area contributed by atoms with E-state index in [2.05, 4.69) is 0 Å². The first-order valence-electron chi connectivity index (χ1n) is 5.12. The molecule has 2 aromatic rings. The van der Waals surface area contributed by atoms with E-state index >= 15 is 0 Å². The van der Waals surface area contributed by atoms with Gasteiger partial charge in [-0.1, -0.05) is 48.5 Å². The summed E-state index contributed by atoms with van der Waals surface area (Å²) >= 11 is 0. The van der Waals surface area contributed by atoms with Gasteiger partial charge in [0.1, 0.15) is 0 Å². The van der Waals surface area contributed by atoms with Crippen molar-refractivity contribution in [1.29, 1.82) is 0 Å². The van der Waals surface area contributed by atoms with Gasteiger partial charge >= 0.3 is 32.2 Å². The second-order valence-corrected chi connectivity index (χ2v) is 3.55. The molecule has 3 nitrogen and oxygen atoms in total. The molecule has 0 saturated carbocycles. The minimum atomic E-state index is -1.09. The molecule has 0 saturated heterocycles. The maximum atomic E-state index is 12.1. The van der Waals surface area contributed by atoms with Crippen LogP contribution in [0.1, 0.15) is 26.3 Å². The Kier molecular flexibility index (Phi) is 5.17. The van der Waals surface area contributed by atoms with E-state index in [0.29, 0.717) is 5.56 Å². The molecule has 1 N–H and O–H groups in total. The average Bonchev–Trinajstić information content (AvgIpc) is 2.39. The van der Waals surface area contributed by atoms with Crippen molar-refractivity contribution in [3.63, 3.8) is 0 Å². The van der Waals surface area contributed by atoms with E-state index in [-0.39, 0.29) is 43.1 Å². The Morgan fingerprint density at radius 2 is 1.28 bits per heavy atom. The van der Waals surface area contributed by atoms with Crippen molar-refractivity contribution in [2.24, 2.45) is 0 Å². The summed E-state index contributed by atoms with van der Waals surface area (Å²) in [5.74, 6) is -1.37. The van der Waals surface area contributed by atoms with E-state index in [0.717, 1.165) is 0 Å². The van der Waals surface area contributed by atoms with Gasteiger partial charge in [-0.25, -0.2) is 4.79 Å². The number of hydrogen-bond acceptors (Lipinski definition) is 2. The van der Waals surface area contributed by atoms with Gasteiger partial charge in [-0.15, -0.1) is 0 Å². The van der Waals surface area contributed by atoms with Crippen LogP contribution in [0.15, 0.2) is 54.6 Å². The molecule has 0 fully saturated rings. The summed E-state index contributed by atoms with van der Waals surface area (Å²) in [6.45, 7) is 0. The number of carbonyl (C=O) groups is 2. The van der Waals surface area contributed by atoms with Crippen molar-refractivity contribution in [1.82, 2.24) is 0 Å². The molecule has 4 heteroatoms. The zero-order chi connectivity index (χ0) is 12.3. The van der Waals surface area contributed by atoms with Crippen molar-refractivity contribution >= 4 is 38.0 Å². The minimum absolute atomic E-state index is 0. The van der Waals surface area contributed by atoms with Gasteiger partial charge < -0.3 is 5.11 Å². The normalized spacial score (nSPS) is 9.33. The number of carbonyl (C=O) groups excluding carboxylic acids is 1. The first-order chi connectivity index (χ1) is 8.20. The summed E-state index contributed by atoms with van der Waals surface area (Å²) in [5, 5.41) is 9.01. The summed E-state index contributed by atoms with van der Waals surface area (Å²) in [5.41, 5.74) is 0.730. The second kappa shape index (κ2) is 6.41. The molecule has 0 aliphatic heterocycles. The molecule has 0 radical (unpaired) electrons. The Bertz CT molecular complexity index is 564. The maximum absolute atomic E-state index is 12.1. The van der Waals surface area contributed by atoms with E-state index in [1.807, 2.05) is 0 Å². The van der Waals surface area contributed by atoms with Crippen LogP contribution in [-0.2, 0) is 0 Å². The van der Waals surface area contributed by atoms with Crippen LogP contribution in [0.4, 0.5) is 0 Å². The van der Waals surface area contributed by atoms with Crippen LogP contribution in [-0.4, -0.2) is 43.1 Å². The summed E-state index contributed by atoms with van der Waals surface area (Å²) < 4.78 is 0. The fourth-order valence-corrected chi connectivity index (χ4v) is 1.61. The van der Waals surface area contributed by atoms with Gasteiger partial charge in [0.25, 0.3) is 0 Å². The SMILES string of the molecule is O=C(O)c1ccccc1C(=O)c1ccccc1.[BiH3]. The average molecular weight is 438 g/mol. The molecule has 0 aromatic heterocycles. The Balaban J connectivity index is 0.00000162. The predicted molar refractivity (Wildman–Crippen MR) is 73.2 cm³/mol. The fourth-order valence-electron chi connectivity index (χ4n) is 1.61. The van der Waals surface area contributed by atoms with Crippen LogP contribution in [0.3, 0.4) is 0 Å². The molecule has 2 aromatic carbocycles. The number of hydrogen-bond donors (Lipinski definition) is 1. The van der Waals surface area contributed by atoms with Gasteiger partial charge in [0.15, 0.2) is 5.78 Å². The summed E-state index contributed by atoms with van der Waals surface area (Å²) in [4.78, 5) is 23.1. The third-order valence-electron chi connectivity index (χ3n) is 2.44. The summed E-state index contributed by atoms with van der Waals surface area (Å²) in [6, 6.07) is 14.8. The number of benzene rings is 2. The van der Waals surface area contributed by atoms with Crippen LogP contribution in [0, 0.1) is 0 Å². The Hall–Kier alpha value is -1.54. The quantitative estimate of drug-likeness (QED) is 0.583. The Morgan fingerprint density at radius 3 is 1.83 bits per heavy atom. The molecule has 0 amide bonds. The van der Waals surface area contributed by atoms with Gasteiger partial charge in [-0.3, -0.25) is 4.79 Å². The first-order valence-corrected chi connectivity index (χ1v) is 5.12.